The van der Waals surface area contributed by atoms with Crippen LogP contribution in [0.3, 0.4) is 0 Å². The van der Waals surface area contributed by atoms with Gasteiger partial charge in [-0.1, -0.05) is 76.6 Å². The van der Waals surface area contributed by atoms with Gasteiger partial charge in [0.25, 0.3) is 11.8 Å². The molecule has 1 aromatic carbocycles. The molecule has 23 heteroatoms. The molecule has 1 unspecified atom stereocenters. The lowest BCUT2D eigenvalue weighted by molar-refractivity contribution is -0.146. The Morgan fingerprint density at radius 2 is 1.62 bits per heavy atom. The number of aromatic nitrogens is 3. The molecule has 406 valence electrons. The quantitative estimate of drug-likeness (QED) is 0.0364. The number of amides is 6. The van der Waals surface area contributed by atoms with E-state index in [4.69, 9.17) is 19.2 Å². The highest BCUT2D eigenvalue weighted by Gasteiger charge is 2.44. The molecule has 1 fully saturated rings. The number of nitrogens with zero attached hydrogens (tertiary/aromatic N) is 9. The Kier molecular flexibility index (Phi) is 23.2. The number of rotatable bonds is 28. The van der Waals surface area contributed by atoms with Crippen molar-refractivity contribution in [2.75, 3.05) is 81.9 Å². The van der Waals surface area contributed by atoms with Gasteiger partial charge in [0.2, 0.25) is 31.0 Å². The van der Waals surface area contributed by atoms with Crippen LogP contribution in [-0.2, 0) is 67.1 Å². The number of benzene rings is 1. The van der Waals surface area contributed by atoms with Crippen molar-refractivity contribution in [3.8, 4) is 0 Å². The number of methoxy groups -OCH3 is 2. The number of likely N-dealkylation sites (N-methyl/N-ethyl adjacent to an activating group) is 1. The van der Waals surface area contributed by atoms with E-state index < -0.39 is 79.2 Å². The summed E-state index contributed by atoms with van der Waals surface area (Å²) < 4.78 is 33.3. The summed E-state index contributed by atoms with van der Waals surface area (Å²) in [6.45, 7) is 10.6. The Hall–Kier alpha value is -5.54. The van der Waals surface area contributed by atoms with Crippen molar-refractivity contribution >= 4 is 48.8 Å². The second kappa shape index (κ2) is 28.2. The number of guanidine groups is 1. The minimum Gasteiger partial charge on any atom is -0.379 e. The molecule has 3 N–H and O–H groups in total. The van der Waals surface area contributed by atoms with Crippen molar-refractivity contribution < 1.29 is 52.4 Å². The smallest absolute Gasteiger partial charge is 0.253 e. The van der Waals surface area contributed by atoms with Gasteiger partial charge in [-0.3, -0.25) is 38.2 Å². The number of likely N-dealkylation sites (tertiary alicyclic amines) is 1. The summed E-state index contributed by atoms with van der Waals surface area (Å²) in [5, 5.41) is 13.4. The first-order valence-electron chi connectivity index (χ1n) is 25.0. The average Bonchev–Trinajstić information content (AvgIpc) is 4.10. The van der Waals surface area contributed by atoms with Crippen molar-refractivity contribution in [3.63, 3.8) is 0 Å². The molecule has 2 aromatic rings. The van der Waals surface area contributed by atoms with Crippen LogP contribution in [0.2, 0.25) is 0 Å². The van der Waals surface area contributed by atoms with Crippen molar-refractivity contribution in [3.05, 3.63) is 59.9 Å². The fourth-order valence-electron chi connectivity index (χ4n) is 9.35. The zero-order valence-corrected chi connectivity index (χ0v) is 45.7. The van der Waals surface area contributed by atoms with E-state index in [9.17, 15) is 38.2 Å². The third kappa shape index (κ3) is 16.7. The minimum atomic E-state index is -4.42. The third-order valence-electron chi connectivity index (χ3n) is 13.5. The summed E-state index contributed by atoms with van der Waals surface area (Å²) >= 11 is 0. The first-order chi connectivity index (χ1) is 34.5. The van der Waals surface area contributed by atoms with E-state index >= 15 is 0 Å². The highest BCUT2D eigenvalue weighted by Crippen LogP contribution is 2.46. The summed E-state index contributed by atoms with van der Waals surface area (Å²) in [4.78, 5) is 104. The van der Waals surface area contributed by atoms with Gasteiger partial charge in [0.1, 0.15) is 23.7 Å². The van der Waals surface area contributed by atoms with Gasteiger partial charge in [-0.2, -0.15) is 0 Å². The number of hydrogen-bond donors (Lipinski definition) is 3. The molecule has 2 aliphatic heterocycles. The molecule has 0 radical (unpaired) electrons. The Bertz CT molecular complexity index is 2250. The van der Waals surface area contributed by atoms with Crippen LogP contribution in [0, 0.1) is 17.8 Å². The number of ether oxygens (including phenoxy) is 3. The van der Waals surface area contributed by atoms with Gasteiger partial charge < -0.3 is 49.3 Å². The largest absolute Gasteiger partial charge is 0.379 e. The minimum absolute atomic E-state index is 0.0101. The molecule has 0 saturated carbocycles. The van der Waals surface area contributed by atoms with Crippen molar-refractivity contribution in [1.82, 2.24) is 50.1 Å². The number of nitrogens with one attached hydrogen (secondary N) is 2. The van der Waals surface area contributed by atoms with Gasteiger partial charge in [-0.05, 0) is 30.2 Å². The van der Waals surface area contributed by atoms with Gasteiger partial charge in [0.15, 0.2) is 5.96 Å². The lowest BCUT2D eigenvalue weighted by Crippen LogP contribution is -2.55. The number of aliphatic imine (C=N–C) groups is 1. The average molecular weight is 1040 g/mol. The maximum atomic E-state index is 14.5. The number of carbonyl (C=O) groups is 6. The van der Waals surface area contributed by atoms with Gasteiger partial charge in [-0.25, -0.2) is 9.67 Å². The highest BCUT2D eigenvalue weighted by molar-refractivity contribution is 7.59. The van der Waals surface area contributed by atoms with E-state index in [1.165, 1.54) is 23.9 Å². The number of hydrogen-bond acceptors (Lipinski definition) is 13. The Morgan fingerprint density at radius 3 is 2.21 bits per heavy atom. The summed E-state index contributed by atoms with van der Waals surface area (Å²) in [5.74, 6) is -4.28. The molecule has 1 aromatic heterocycles. The predicted molar refractivity (Wildman–Crippen MR) is 275 cm³/mol. The third-order valence-corrected chi connectivity index (χ3v) is 15.5. The maximum absolute atomic E-state index is 14.5. The zero-order chi connectivity index (χ0) is 54.2. The van der Waals surface area contributed by atoms with Gasteiger partial charge >= 0.3 is 0 Å². The van der Waals surface area contributed by atoms with Crippen LogP contribution in [0.4, 0.5) is 0 Å². The van der Waals surface area contributed by atoms with E-state index in [-0.39, 0.29) is 62.8 Å². The van der Waals surface area contributed by atoms with E-state index in [1.54, 1.807) is 67.4 Å². The zero-order valence-electron chi connectivity index (χ0n) is 44.8. The van der Waals surface area contributed by atoms with E-state index in [0.717, 1.165) is 4.90 Å². The molecule has 0 spiro atoms. The SMILES string of the molecule is CC[C@H](C)[C@@H]([C@@H](CC(=O)N1CCC[C@H]1[C@H](OC)[C@@H](C)C(=O)N[C@@H](Cc1ccccc1)P(=O)(O)CC(=O)NCCOCCn1cc(CN2C(=O)C=CC2=O)nn1)OC)N(C)C(=O)[C@@H](N=C(N(C)C)N(C)C)C(C)C. The van der Waals surface area contributed by atoms with Crippen LogP contribution >= 0.6 is 7.37 Å². The molecule has 2 aliphatic rings. The lowest BCUT2D eigenvalue weighted by atomic mass is 9.89. The Labute approximate surface area is 430 Å². The van der Waals surface area contributed by atoms with Crippen molar-refractivity contribution in [2.24, 2.45) is 22.7 Å². The molecular weight excluding hydrogens is 962 g/mol. The standard InChI is InChI=1S/C50H80N11O11P/c1-13-34(4)46(58(10)49(67)45(33(2)3)53-50(56(6)7)57(8)9)39(70-11)29-44(65)60-24-17-20-38(60)47(71-12)35(5)48(66)52-41(28-36-18-15-14-16-19-36)73(68,69)32-40(62)51-23-26-72-27-25-59-30-37(54-55-59)31-61-42(63)21-22-43(61)64/h14-16,18-19,21-22,30,33-35,38-39,41,45-47H,13,17,20,23-29,31-32H2,1-12H3,(H,51,62)(H,52,66)(H,68,69)/t34-,35+,38-,39+,41+,45-,46-,47+/m0/s1. The van der Waals surface area contributed by atoms with Crippen LogP contribution < -0.4 is 10.6 Å². The van der Waals surface area contributed by atoms with E-state index in [0.29, 0.717) is 49.6 Å². The van der Waals surface area contributed by atoms with Gasteiger partial charge in [0.05, 0.1) is 69.1 Å². The Morgan fingerprint density at radius 1 is 0.959 bits per heavy atom. The molecule has 9 atom stereocenters. The summed E-state index contributed by atoms with van der Waals surface area (Å²) in [5.41, 5.74) is 1.09. The fraction of sp³-hybridized carbons (Fsp3) is 0.660. The summed E-state index contributed by atoms with van der Waals surface area (Å²) in [6, 6.07) is 7.21. The Balaban J connectivity index is 1.39. The summed E-state index contributed by atoms with van der Waals surface area (Å²) in [6.07, 6.45) is 3.57. The monoisotopic (exact) mass is 1040 g/mol. The molecule has 0 aliphatic carbocycles. The second-order valence-corrected chi connectivity index (χ2v) is 22.1. The molecular formula is C50H80N11O11P. The highest BCUT2D eigenvalue weighted by atomic mass is 31.2. The van der Waals surface area contributed by atoms with Crippen LogP contribution in [-0.4, -0.2) is 204 Å². The van der Waals surface area contributed by atoms with Crippen LogP contribution in [0.1, 0.15) is 71.6 Å². The normalized spacial score (nSPS) is 18.4. The molecule has 6 amide bonds. The lowest BCUT2D eigenvalue weighted by Gasteiger charge is -2.40. The van der Waals surface area contributed by atoms with Crippen LogP contribution in [0.25, 0.3) is 0 Å². The molecule has 4 rings (SSSR count). The van der Waals surface area contributed by atoms with E-state index in [1.807, 2.05) is 65.7 Å². The molecule has 3 heterocycles. The topological polar surface area (TPSA) is 251 Å². The maximum Gasteiger partial charge on any atom is 0.253 e. The van der Waals surface area contributed by atoms with E-state index in [2.05, 4.69) is 20.9 Å². The predicted octanol–water partition coefficient (Wildman–Crippen LogP) is 2.22. The fourth-order valence-corrected chi connectivity index (χ4v) is 10.9. The molecule has 22 nitrogen and oxygen atoms in total. The van der Waals surface area contributed by atoms with Gasteiger partial charge in [0, 0.05) is 81.1 Å². The summed E-state index contributed by atoms with van der Waals surface area (Å²) in [7, 11) is 7.85. The second-order valence-electron chi connectivity index (χ2n) is 19.7. The van der Waals surface area contributed by atoms with Gasteiger partial charge in [-0.15, -0.1) is 5.10 Å². The molecule has 1 saturated heterocycles. The van der Waals surface area contributed by atoms with Crippen LogP contribution in [0.5, 0.6) is 0 Å². The number of imide groups is 1. The number of carbonyl (C=O) groups excluding carboxylic acids is 6. The van der Waals surface area contributed by atoms with Crippen LogP contribution in [0.15, 0.2) is 53.7 Å². The first-order valence-corrected chi connectivity index (χ1v) is 26.9. The molecule has 73 heavy (non-hydrogen) atoms. The van der Waals surface area contributed by atoms with Crippen molar-refractivity contribution in [2.45, 2.75) is 116 Å². The van der Waals surface area contributed by atoms with Crippen molar-refractivity contribution in [1.29, 1.82) is 0 Å². The molecule has 0 bridgehead atoms. The first kappa shape index (κ1) is 60.0.